The van der Waals surface area contributed by atoms with Gasteiger partial charge in [0.15, 0.2) is 23.1 Å². The zero-order valence-corrected chi connectivity index (χ0v) is 14.3. The van der Waals surface area contributed by atoms with E-state index >= 15 is 0 Å². The lowest BCUT2D eigenvalue weighted by molar-refractivity contribution is -0.114. The number of carbonyl (C=O) groups excluding carboxylic acids is 2. The van der Waals surface area contributed by atoms with Crippen molar-refractivity contribution in [3.05, 3.63) is 41.4 Å². The lowest BCUT2D eigenvalue weighted by atomic mass is 9.81. The molecule has 1 heterocycles. The van der Waals surface area contributed by atoms with E-state index in [0.717, 1.165) is 0 Å². The molecule has 0 bridgehead atoms. The average molecular weight is 332 g/mol. The molecule has 0 N–H and O–H groups in total. The minimum absolute atomic E-state index is 0.180. The Hall–Kier alpha value is -2.76. The molecule has 1 aromatic rings. The second-order valence-corrected chi connectivity index (χ2v) is 5.29. The van der Waals surface area contributed by atoms with Crippen LogP contribution in [-0.2, 0) is 14.3 Å². The fourth-order valence-corrected chi connectivity index (χ4v) is 2.68. The first-order valence-electron chi connectivity index (χ1n) is 7.31. The van der Waals surface area contributed by atoms with Gasteiger partial charge < -0.3 is 18.9 Å². The van der Waals surface area contributed by atoms with Crippen molar-refractivity contribution in [2.24, 2.45) is 0 Å². The largest absolute Gasteiger partial charge is 0.493 e. The molecule has 0 aromatic heterocycles. The lowest BCUT2D eigenvalue weighted by Crippen LogP contribution is -2.19. The van der Waals surface area contributed by atoms with Crippen LogP contribution in [0.5, 0.6) is 17.2 Å². The zero-order valence-electron chi connectivity index (χ0n) is 14.3. The predicted octanol–water partition coefficient (Wildman–Crippen LogP) is 2.77. The third-order valence-electron chi connectivity index (χ3n) is 3.85. The maximum absolute atomic E-state index is 12.0. The second kappa shape index (κ2) is 7.21. The molecule has 128 valence electrons. The molecule has 6 heteroatoms. The van der Waals surface area contributed by atoms with Crippen LogP contribution in [0.4, 0.5) is 0 Å². The summed E-state index contributed by atoms with van der Waals surface area (Å²) in [6.45, 7) is 2.87. The van der Waals surface area contributed by atoms with Gasteiger partial charge in [0.25, 0.3) is 0 Å². The second-order valence-electron chi connectivity index (χ2n) is 5.29. The number of rotatable bonds is 6. The van der Waals surface area contributed by atoms with Crippen LogP contribution in [0.2, 0.25) is 0 Å². The van der Waals surface area contributed by atoms with Gasteiger partial charge in [-0.05, 0) is 31.5 Å². The molecular weight excluding hydrogens is 312 g/mol. The van der Waals surface area contributed by atoms with E-state index < -0.39 is 5.92 Å². The summed E-state index contributed by atoms with van der Waals surface area (Å²) in [7, 11) is 4.53. The van der Waals surface area contributed by atoms with Crippen LogP contribution < -0.4 is 14.2 Å². The molecule has 0 spiro atoms. The van der Waals surface area contributed by atoms with Crippen molar-refractivity contribution in [3.8, 4) is 17.2 Å². The number of allylic oxidation sites excluding steroid dienone is 2. The highest BCUT2D eigenvalue weighted by atomic mass is 16.5. The van der Waals surface area contributed by atoms with E-state index in [9.17, 15) is 9.59 Å². The van der Waals surface area contributed by atoms with Crippen LogP contribution in [0.1, 0.15) is 25.3 Å². The summed E-state index contributed by atoms with van der Waals surface area (Å²) in [5, 5.41) is 0. The number of carbonyl (C=O) groups is 2. The van der Waals surface area contributed by atoms with Gasteiger partial charge in [-0.2, -0.15) is 0 Å². The molecule has 0 amide bonds. The number of hydrogen-bond donors (Lipinski definition) is 0. The van der Waals surface area contributed by atoms with Crippen molar-refractivity contribution in [1.82, 2.24) is 0 Å². The molecule has 0 saturated carbocycles. The quantitative estimate of drug-likeness (QED) is 0.798. The van der Waals surface area contributed by atoms with Crippen LogP contribution in [0.25, 0.3) is 0 Å². The SMILES string of the molecule is COc1cc(C2C(C(C)=O)=COC=C2C(C)=O)cc(OC)c1OC. The number of ketones is 2. The third kappa shape index (κ3) is 3.13. The predicted molar refractivity (Wildman–Crippen MR) is 87.5 cm³/mol. The highest BCUT2D eigenvalue weighted by Gasteiger charge is 2.31. The minimum Gasteiger partial charge on any atom is -0.493 e. The summed E-state index contributed by atoms with van der Waals surface area (Å²) in [6, 6.07) is 3.45. The van der Waals surface area contributed by atoms with Crippen LogP contribution in [0, 0.1) is 0 Å². The average Bonchev–Trinajstić information content (AvgIpc) is 2.59. The molecular formula is C18H20O6. The van der Waals surface area contributed by atoms with Crippen molar-refractivity contribution in [2.45, 2.75) is 19.8 Å². The van der Waals surface area contributed by atoms with Gasteiger partial charge in [0.1, 0.15) is 0 Å². The van der Waals surface area contributed by atoms with Crippen molar-refractivity contribution in [3.63, 3.8) is 0 Å². The molecule has 2 rings (SSSR count). The number of methoxy groups -OCH3 is 3. The molecule has 0 fully saturated rings. The fraction of sp³-hybridized carbons (Fsp3) is 0.333. The van der Waals surface area contributed by atoms with E-state index in [1.807, 2.05) is 0 Å². The molecule has 0 radical (unpaired) electrons. The Morgan fingerprint density at radius 3 is 1.67 bits per heavy atom. The van der Waals surface area contributed by atoms with Crippen molar-refractivity contribution >= 4 is 11.6 Å². The van der Waals surface area contributed by atoms with Crippen molar-refractivity contribution in [1.29, 1.82) is 0 Å². The van der Waals surface area contributed by atoms with E-state index in [4.69, 9.17) is 18.9 Å². The summed E-state index contributed by atoms with van der Waals surface area (Å²) in [5.41, 5.74) is 1.45. The molecule has 24 heavy (non-hydrogen) atoms. The smallest absolute Gasteiger partial charge is 0.203 e. The van der Waals surface area contributed by atoms with Crippen LogP contribution in [0.3, 0.4) is 0 Å². The molecule has 0 unspecified atom stereocenters. The van der Waals surface area contributed by atoms with E-state index in [0.29, 0.717) is 34.0 Å². The third-order valence-corrected chi connectivity index (χ3v) is 3.85. The maximum atomic E-state index is 12.0. The Morgan fingerprint density at radius 1 is 0.875 bits per heavy atom. The molecule has 0 atom stereocenters. The number of benzene rings is 1. The Morgan fingerprint density at radius 2 is 1.33 bits per heavy atom. The summed E-state index contributed by atoms with van der Waals surface area (Å²) < 4.78 is 21.2. The van der Waals surface area contributed by atoms with Crippen LogP contribution in [0.15, 0.2) is 35.8 Å². The Kier molecular flexibility index (Phi) is 5.28. The van der Waals surface area contributed by atoms with Gasteiger partial charge in [-0.15, -0.1) is 0 Å². The van der Waals surface area contributed by atoms with Gasteiger partial charge in [0.05, 0.1) is 33.9 Å². The van der Waals surface area contributed by atoms with Gasteiger partial charge in [0, 0.05) is 17.1 Å². The first-order valence-corrected chi connectivity index (χ1v) is 7.31. The first-order chi connectivity index (χ1) is 11.4. The van der Waals surface area contributed by atoms with E-state index in [-0.39, 0.29) is 11.6 Å². The molecule has 1 aliphatic rings. The van der Waals surface area contributed by atoms with Crippen LogP contribution >= 0.6 is 0 Å². The summed E-state index contributed by atoms with van der Waals surface area (Å²) in [5.74, 6) is 0.425. The molecule has 1 aliphatic heterocycles. The Bertz CT molecular complexity index is 674. The number of Topliss-reactive ketones (excluding diaryl/α,β-unsaturated/α-hetero) is 2. The van der Waals surface area contributed by atoms with Crippen LogP contribution in [-0.4, -0.2) is 32.9 Å². The standard InChI is InChI=1S/C18H20O6/c1-10(19)13-8-24-9-14(11(2)20)17(13)12-6-15(21-3)18(23-5)16(7-12)22-4/h6-9,17H,1-5H3. The number of ether oxygens (including phenoxy) is 4. The van der Waals surface area contributed by atoms with E-state index in [2.05, 4.69) is 0 Å². The summed E-state index contributed by atoms with van der Waals surface area (Å²) in [4.78, 5) is 24.0. The Balaban J connectivity index is 2.67. The van der Waals surface area contributed by atoms with Gasteiger partial charge >= 0.3 is 0 Å². The lowest BCUT2D eigenvalue weighted by Gasteiger charge is -2.25. The topological polar surface area (TPSA) is 71.1 Å². The van der Waals surface area contributed by atoms with Gasteiger partial charge in [-0.3, -0.25) is 9.59 Å². The fourth-order valence-electron chi connectivity index (χ4n) is 2.68. The first kappa shape index (κ1) is 17.6. The van der Waals surface area contributed by atoms with Gasteiger partial charge in [-0.25, -0.2) is 0 Å². The zero-order chi connectivity index (χ0) is 17.9. The molecule has 0 saturated heterocycles. The van der Waals surface area contributed by atoms with Crippen molar-refractivity contribution < 1.29 is 28.5 Å². The van der Waals surface area contributed by atoms with Crippen molar-refractivity contribution in [2.75, 3.05) is 21.3 Å². The molecule has 0 aliphatic carbocycles. The number of hydrogen-bond acceptors (Lipinski definition) is 6. The normalized spacial score (nSPS) is 14.2. The highest BCUT2D eigenvalue weighted by molar-refractivity contribution is 6.02. The highest BCUT2D eigenvalue weighted by Crippen LogP contribution is 2.44. The Labute approximate surface area is 140 Å². The monoisotopic (exact) mass is 332 g/mol. The minimum atomic E-state index is -0.553. The van der Waals surface area contributed by atoms with Gasteiger partial charge in [-0.1, -0.05) is 0 Å². The summed E-state index contributed by atoms with van der Waals surface area (Å²) >= 11 is 0. The van der Waals surface area contributed by atoms with E-state index in [1.165, 1.54) is 47.7 Å². The van der Waals surface area contributed by atoms with Gasteiger partial charge in [0.2, 0.25) is 5.75 Å². The maximum Gasteiger partial charge on any atom is 0.203 e. The molecule has 1 aromatic carbocycles. The summed E-state index contributed by atoms with van der Waals surface area (Å²) in [6.07, 6.45) is 2.73. The van der Waals surface area contributed by atoms with E-state index in [1.54, 1.807) is 12.1 Å². The molecule has 6 nitrogen and oxygen atoms in total.